The van der Waals surface area contributed by atoms with Gasteiger partial charge in [0, 0.05) is 13.1 Å². The third-order valence-electron chi connectivity index (χ3n) is 3.87. The molecule has 0 radical (unpaired) electrons. The third-order valence-corrected chi connectivity index (χ3v) is 3.87. The number of amides is 1. The van der Waals surface area contributed by atoms with E-state index in [2.05, 4.69) is 27.5 Å². The molecular formula is C19H26N4O3. The Bertz CT molecular complexity index is 704. The Labute approximate surface area is 154 Å². The van der Waals surface area contributed by atoms with Crippen LogP contribution in [0.2, 0.25) is 0 Å². The van der Waals surface area contributed by atoms with E-state index in [4.69, 9.17) is 9.47 Å². The highest BCUT2D eigenvalue weighted by atomic mass is 16.5. The van der Waals surface area contributed by atoms with Gasteiger partial charge in [-0.3, -0.25) is 4.79 Å². The van der Waals surface area contributed by atoms with E-state index in [1.165, 1.54) is 19.0 Å². The third kappa shape index (κ3) is 5.61. The fraction of sp³-hybridized carbons (Fsp3) is 0.421. The van der Waals surface area contributed by atoms with Gasteiger partial charge in [-0.2, -0.15) is 0 Å². The van der Waals surface area contributed by atoms with Gasteiger partial charge in [0.25, 0.3) is 5.91 Å². The zero-order valence-electron chi connectivity index (χ0n) is 15.5. The number of methoxy groups -OCH3 is 2. The Kier molecular flexibility index (Phi) is 7.67. The quantitative estimate of drug-likeness (QED) is 0.635. The van der Waals surface area contributed by atoms with Gasteiger partial charge < -0.3 is 20.1 Å². The van der Waals surface area contributed by atoms with Crippen molar-refractivity contribution < 1.29 is 14.3 Å². The van der Waals surface area contributed by atoms with Gasteiger partial charge in [-0.05, 0) is 24.1 Å². The molecular weight excluding hydrogens is 332 g/mol. The second-order valence-corrected chi connectivity index (χ2v) is 5.79. The number of ether oxygens (including phenoxy) is 2. The summed E-state index contributed by atoms with van der Waals surface area (Å²) in [7, 11) is 3.16. The molecule has 0 saturated heterocycles. The van der Waals surface area contributed by atoms with Crippen LogP contribution in [0.1, 0.15) is 42.2 Å². The maximum atomic E-state index is 12.2. The highest BCUT2D eigenvalue weighted by Gasteiger charge is 2.09. The zero-order valence-corrected chi connectivity index (χ0v) is 15.5. The molecule has 1 aromatic heterocycles. The van der Waals surface area contributed by atoms with Crippen molar-refractivity contribution in [2.24, 2.45) is 0 Å². The largest absolute Gasteiger partial charge is 0.493 e. The van der Waals surface area contributed by atoms with Crippen molar-refractivity contribution in [3.8, 4) is 11.5 Å². The lowest BCUT2D eigenvalue weighted by Crippen LogP contribution is -2.24. The molecule has 2 aromatic rings. The number of hydrogen-bond acceptors (Lipinski definition) is 6. The number of unbranched alkanes of at least 4 members (excludes halogenated alkanes) is 2. The van der Waals surface area contributed by atoms with Crippen LogP contribution in [-0.4, -0.2) is 36.6 Å². The number of nitrogens with one attached hydrogen (secondary N) is 2. The fourth-order valence-corrected chi connectivity index (χ4v) is 2.39. The number of benzene rings is 1. The minimum Gasteiger partial charge on any atom is -0.493 e. The van der Waals surface area contributed by atoms with Gasteiger partial charge in [0.15, 0.2) is 11.5 Å². The molecule has 26 heavy (non-hydrogen) atoms. The summed E-state index contributed by atoms with van der Waals surface area (Å²) in [5, 5.41) is 6.02. The molecule has 0 aliphatic heterocycles. The summed E-state index contributed by atoms with van der Waals surface area (Å²) in [6.07, 6.45) is 6.50. The molecule has 2 N–H and O–H groups in total. The van der Waals surface area contributed by atoms with Crippen LogP contribution in [-0.2, 0) is 6.54 Å². The van der Waals surface area contributed by atoms with E-state index in [9.17, 15) is 4.79 Å². The van der Waals surface area contributed by atoms with Crippen LogP contribution in [0.3, 0.4) is 0 Å². The molecule has 0 spiro atoms. The molecule has 0 aliphatic carbocycles. The second-order valence-electron chi connectivity index (χ2n) is 5.79. The van der Waals surface area contributed by atoms with Crippen LogP contribution in [0, 0.1) is 0 Å². The summed E-state index contributed by atoms with van der Waals surface area (Å²) in [5.74, 6) is 1.68. The van der Waals surface area contributed by atoms with Crippen molar-refractivity contribution in [3.05, 3.63) is 41.9 Å². The van der Waals surface area contributed by atoms with Crippen LogP contribution in [0.5, 0.6) is 11.5 Å². The summed E-state index contributed by atoms with van der Waals surface area (Å²) >= 11 is 0. The fourth-order valence-electron chi connectivity index (χ4n) is 2.39. The highest BCUT2D eigenvalue weighted by Crippen LogP contribution is 2.27. The number of carbonyl (C=O) groups is 1. The van der Waals surface area contributed by atoms with Gasteiger partial charge in [0.1, 0.15) is 11.5 Å². The smallest absolute Gasteiger partial charge is 0.271 e. The molecule has 2 rings (SSSR count). The van der Waals surface area contributed by atoms with Crippen molar-refractivity contribution in [2.45, 2.75) is 32.7 Å². The zero-order chi connectivity index (χ0) is 18.8. The van der Waals surface area contributed by atoms with E-state index in [-0.39, 0.29) is 11.6 Å². The second kappa shape index (κ2) is 10.2. The Hall–Kier alpha value is -2.83. The first-order chi connectivity index (χ1) is 12.7. The molecule has 0 aliphatic rings. The lowest BCUT2D eigenvalue weighted by molar-refractivity contribution is 0.0945. The SMILES string of the molecule is CCCCCNc1cnc(C(=O)NCc2ccc(OC)c(OC)c2)cn1. The maximum absolute atomic E-state index is 12.2. The Morgan fingerprint density at radius 1 is 1.08 bits per heavy atom. The van der Waals surface area contributed by atoms with Crippen molar-refractivity contribution >= 4 is 11.7 Å². The number of rotatable bonds is 10. The van der Waals surface area contributed by atoms with Crippen molar-refractivity contribution in [2.75, 3.05) is 26.1 Å². The van der Waals surface area contributed by atoms with Crippen molar-refractivity contribution in [3.63, 3.8) is 0 Å². The molecule has 140 valence electrons. The number of aromatic nitrogens is 2. The first-order valence-corrected chi connectivity index (χ1v) is 8.73. The average molecular weight is 358 g/mol. The van der Waals surface area contributed by atoms with Crippen LogP contribution in [0.4, 0.5) is 5.82 Å². The number of nitrogens with zero attached hydrogens (tertiary/aromatic N) is 2. The van der Waals surface area contributed by atoms with E-state index < -0.39 is 0 Å². The normalized spacial score (nSPS) is 10.3. The predicted molar refractivity (Wildman–Crippen MR) is 101 cm³/mol. The minimum absolute atomic E-state index is 0.273. The lowest BCUT2D eigenvalue weighted by atomic mass is 10.2. The maximum Gasteiger partial charge on any atom is 0.271 e. The van der Waals surface area contributed by atoms with Crippen LogP contribution in [0.15, 0.2) is 30.6 Å². The Balaban J connectivity index is 1.87. The molecule has 7 nitrogen and oxygen atoms in total. The van der Waals surface area contributed by atoms with Crippen molar-refractivity contribution in [1.82, 2.24) is 15.3 Å². The van der Waals surface area contributed by atoms with E-state index in [1.807, 2.05) is 12.1 Å². The van der Waals surface area contributed by atoms with Crippen LogP contribution >= 0.6 is 0 Å². The first kappa shape index (κ1) is 19.5. The highest BCUT2D eigenvalue weighted by molar-refractivity contribution is 5.91. The molecule has 0 saturated carbocycles. The molecule has 1 aromatic carbocycles. The van der Waals surface area contributed by atoms with Gasteiger partial charge in [-0.15, -0.1) is 0 Å². The molecule has 1 amide bonds. The Morgan fingerprint density at radius 2 is 1.88 bits per heavy atom. The number of hydrogen-bond donors (Lipinski definition) is 2. The first-order valence-electron chi connectivity index (χ1n) is 8.73. The average Bonchev–Trinajstić information content (AvgIpc) is 2.69. The summed E-state index contributed by atoms with van der Waals surface area (Å²) in [4.78, 5) is 20.6. The summed E-state index contributed by atoms with van der Waals surface area (Å²) < 4.78 is 10.5. The van der Waals surface area contributed by atoms with Gasteiger partial charge in [0.05, 0.1) is 26.6 Å². The Morgan fingerprint density at radius 3 is 2.54 bits per heavy atom. The molecule has 0 atom stereocenters. The predicted octanol–water partition coefficient (Wildman–Crippen LogP) is 3.03. The molecule has 0 unspecified atom stereocenters. The van der Waals surface area contributed by atoms with Crippen LogP contribution in [0.25, 0.3) is 0 Å². The molecule has 1 heterocycles. The topological polar surface area (TPSA) is 85.4 Å². The van der Waals surface area contributed by atoms with Gasteiger partial charge >= 0.3 is 0 Å². The molecule has 7 heteroatoms. The standard InChI is InChI=1S/C19H26N4O3/c1-4-5-6-9-20-18-13-21-15(12-22-18)19(24)23-11-14-7-8-16(25-2)17(10-14)26-3/h7-8,10,12-13H,4-6,9,11H2,1-3H3,(H,20,22)(H,23,24). The van der Waals surface area contributed by atoms with Gasteiger partial charge in [0.2, 0.25) is 0 Å². The van der Waals surface area contributed by atoms with E-state index >= 15 is 0 Å². The van der Waals surface area contributed by atoms with Gasteiger partial charge in [-0.1, -0.05) is 25.8 Å². The lowest BCUT2D eigenvalue weighted by Gasteiger charge is -2.10. The monoisotopic (exact) mass is 358 g/mol. The van der Waals surface area contributed by atoms with E-state index in [0.29, 0.717) is 23.9 Å². The molecule has 0 fully saturated rings. The summed E-state index contributed by atoms with van der Waals surface area (Å²) in [6, 6.07) is 5.50. The summed E-state index contributed by atoms with van der Waals surface area (Å²) in [5.41, 5.74) is 1.18. The minimum atomic E-state index is -0.273. The number of anilines is 1. The molecule has 0 bridgehead atoms. The number of carbonyl (C=O) groups excluding carboxylic acids is 1. The van der Waals surface area contributed by atoms with Crippen molar-refractivity contribution in [1.29, 1.82) is 0 Å². The summed E-state index contributed by atoms with van der Waals surface area (Å²) in [6.45, 7) is 3.38. The van der Waals surface area contributed by atoms with E-state index in [1.54, 1.807) is 26.5 Å². The van der Waals surface area contributed by atoms with E-state index in [0.717, 1.165) is 18.5 Å². The van der Waals surface area contributed by atoms with Crippen LogP contribution < -0.4 is 20.1 Å². The van der Waals surface area contributed by atoms with Gasteiger partial charge in [-0.25, -0.2) is 9.97 Å².